The van der Waals surface area contributed by atoms with Gasteiger partial charge < -0.3 is 0 Å². The van der Waals surface area contributed by atoms with Crippen LogP contribution in [-0.2, 0) is 10.0 Å². The van der Waals surface area contributed by atoms with Gasteiger partial charge in [0.05, 0.1) is 10.5 Å². The lowest BCUT2D eigenvalue weighted by atomic mass is 10.2. The van der Waals surface area contributed by atoms with E-state index in [4.69, 9.17) is 5.21 Å². The van der Waals surface area contributed by atoms with Crippen LogP contribution in [-0.4, -0.2) is 26.6 Å². The van der Waals surface area contributed by atoms with Gasteiger partial charge in [0.25, 0.3) is 5.91 Å². The molecule has 0 aromatic heterocycles. The standard InChI is InChI=1S/C8H10N2O4S/c1-9-15(13,14)7-5-3-2-4-6(7)8(11)10-12/h2-5,9,12H,1H3,(H,10,11). The minimum absolute atomic E-state index is 0.116. The van der Waals surface area contributed by atoms with E-state index in [2.05, 4.69) is 4.72 Å². The molecule has 3 N–H and O–H groups in total. The van der Waals surface area contributed by atoms with Gasteiger partial charge in [-0.2, -0.15) is 0 Å². The van der Waals surface area contributed by atoms with Crippen molar-refractivity contribution in [1.29, 1.82) is 0 Å². The third kappa shape index (κ3) is 2.32. The predicted molar refractivity (Wildman–Crippen MR) is 51.9 cm³/mol. The number of sulfonamides is 1. The minimum atomic E-state index is -3.71. The first-order valence-electron chi connectivity index (χ1n) is 4.00. The lowest BCUT2D eigenvalue weighted by Crippen LogP contribution is -2.25. The van der Waals surface area contributed by atoms with Crippen molar-refractivity contribution in [3.63, 3.8) is 0 Å². The number of hydrogen-bond acceptors (Lipinski definition) is 4. The van der Waals surface area contributed by atoms with E-state index < -0.39 is 15.9 Å². The van der Waals surface area contributed by atoms with E-state index in [1.54, 1.807) is 0 Å². The average molecular weight is 230 g/mol. The van der Waals surface area contributed by atoms with Crippen LogP contribution < -0.4 is 10.2 Å². The Balaban J connectivity index is 3.37. The van der Waals surface area contributed by atoms with Crippen LogP contribution in [0.3, 0.4) is 0 Å². The molecule has 0 heterocycles. The molecule has 0 saturated carbocycles. The fourth-order valence-corrected chi connectivity index (χ4v) is 1.99. The molecule has 15 heavy (non-hydrogen) atoms. The Morgan fingerprint density at radius 1 is 1.33 bits per heavy atom. The quantitative estimate of drug-likeness (QED) is 0.491. The lowest BCUT2D eigenvalue weighted by molar-refractivity contribution is 0.0702. The normalized spacial score (nSPS) is 11.1. The van der Waals surface area contributed by atoms with Crippen LogP contribution in [0.25, 0.3) is 0 Å². The molecule has 0 unspecified atom stereocenters. The number of rotatable bonds is 3. The number of carbonyl (C=O) groups excluding carboxylic acids is 1. The summed E-state index contributed by atoms with van der Waals surface area (Å²) in [5, 5.41) is 8.44. The van der Waals surface area contributed by atoms with Crippen molar-refractivity contribution in [2.75, 3.05) is 7.05 Å². The molecular formula is C8H10N2O4S. The molecule has 6 nitrogen and oxygen atoms in total. The topological polar surface area (TPSA) is 95.5 Å². The summed E-state index contributed by atoms with van der Waals surface area (Å²) in [6, 6.07) is 5.56. The van der Waals surface area contributed by atoms with E-state index in [9.17, 15) is 13.2 Å². The zero-order valence-electron chi connectivity index (χ0n) is 7.89. The molecule has 0 fully saturated rings. The molecule has 0 aliphatic rings. The Labute approximate surface area is 86.9 Å². The van der Waals surface area contributed by atoms with Gasteiger partial charge in [-0.1, -0.05) is 12.1 Å². The van der Waals surface area contributed by atoms with Crippen LogP contribution in [0.5, 0.6) is 0 Å². The molecular weight excluding hydrogens is 220 g/mol. The maximum atomic E-state index is 11.5. The Morgan fingerprint density at radius 3 is 2.47 bits per heavy atom. The summed E-state index contributed by atoms with van der Waals surface area (Å²) < 4.78 is 25.0. The van der Waals surface area contributed by atoms with Crippen molar-refractivity contribution in [3.8, 4) is 0 Å². The second-order valence-electron chi connectivity index (χ2n) is 2.64. The summed E-state index contributed by atoms with van der Waals surface area (Å²) in [7, 11) is -2.47. The van der Waals surface area contributed by atoms with Gasteiger partial charge in [-0.15, -0.1) is 0 Å². The average Bonchev–Trinajstić information content (AvgIpc) is 2.28. The highest BCUT2D eigenvalue weighted by Crippen LogP contribution is 2.14. The van der Waals surface area contributed by atoms with Crippen molar-refractivity contribution in [3.05, 3.63) is 29.8 Å². The molecule has 1 amide bonds. The molecule has 1 aromatic carbocycles. The van der Waals surface area contributed by atoms with E-state index in [1.807, 2.05) is 0 Å². The van der Waals surface area contributed by atoms with E-state index in [0.29, 0.717) is 0 Å². The predicted octanol–water partition coefficient (Wildman–Crippen LogP) is -0.286. The molecule has 0 saturated heterocycles. The van der Waals surface area contributed by atoms with Gasteiger partial charge in [0.2, 0.25) is 10.0 Å². The van der Waals surface area contributed by atoms with Crippen molar-refractivity contribution in [2.24, 2.45) is 0 Å². The van der Waals surface area contributed by atoms with Crippen molar-refractivity contribution in [1.82, 2.24) is 10.2 Å². The van der Waals surface area contributed by atoms with Crippen LogP contribution in [0, 0.1) is 0 Å². The van der Waals surface area contributed by atoms with Gasteiger partial charge in [-0.05, 0) is 19.2 Å². The molecule has 0 radical (unpaired) electrons. The van der Waals surface area contributed by atoms with Gasteiger partial charge in [0.15, 0.2) is 0 Å². The summed E-state index contributed by atoms with van der Waals surface area (Å²) in [6.07, 6.45) is 0. The molecule has 1 aromatic rings. The summed E-state index contributed by atoms with van der Waals surface area (Å²) in [5.74, 6) is -0.871. The number of carbonyl (C=O) groups is 1. The van der Waals surface area contributed by atoms with E-state index in [1.165, 1.54) is 36.8 Å². The number of hydrogen-bond donors (Lipinski definition) is 3. The SMILES string of the molecule is CNS(=O)(=O)c1ccccc1C(=O)NO. The maximum Gasteiger partial charge on any atom is 0.276 e. The minimum Gasteiger partial charge on any atom is -0.288 e. The smallest absolute Gasteiger partial charge is 0.276 e. The van der Waals surface area contributed by atoms with Crippen LogP contribution in [0.4, 0.5) is 0 Å². The fraction of sp³-hybridized carbons (Fsp3) is 0.125. The second-order valence-corrected chi connectivity index (χ2v) is 4.50. The Bertz CT molecular complexity index is 469. The number of nitrogens with one attached hydrogen (secondary N) is 2. The highest BCUT2D eigenvalue weighted by atomic mass is 32.2. The second kappa shape index (κ2) is 4.39. The molecule has 7 heteroatoms. The van der Waals surface area contributed by atoms with Crippen LogP contribution in [0.15, 0.2) is 29.2 Å². The molecule has 0 bridgehead atoms. The molecule has 82 valence electrons. The Hall–Kier alpha value is -1.44. The molecule has 0 aliphatic heterocycles. The molecule has 1 rings (SSSR count). The van der Waals surface area contributed by atoms with Crippen molar-refractivity contribution >= 4 is 15.9 Å². The summed E-state index contributed by atoms with van der Waals surface area (Å²) in [4.78, 5) is 11.0. The molecule has 0 aliphatic carbocycles. The van der Waals surface area contributed by atoms with E-state index in [0.717, 1.165) is 0 Å². The number of benzene rings is 1. The highest BCUT2D eigenvalue weighted by Gasteiger charge is 2.19. The first-order chi connectivity index (χ1) is 7.03. The summed E-state index contributed by atoms with van der Waals surface area (Å²) in [5.41, 5.74) is 1.27. The van der Waals surface area contributed by atoms with Gasteiger partial charge in [-0.3, -0.25) is 10.0 Å². The Kier molecular flexibility index (Phi) is 3.40. The monoisotopic (exact) mass is 230 g/mol. The summed E-state index contributed by atoms with van der Waals surface area (Å²) in [6.45, 7) is 0. The maximum absolute atomic E-state index is 11.5. The van der Waals surface area contributed by atoms with Crippen LogP contribution >= 0.6 is 0 Å². The summed E-state index contributed by atoms with van der Waals surface area (Å²) >= 11 is 0. The number of amides is 1. The third-order valence-corrected chi connectivity index (χ3v) is 3.26. The number of hydroxylamine groups is 1. The third-order valence-electron chi connectivity index (χ3n) is 1.79. The van der Waals surface area contributed by atoms with E-state index >= 15 is 0 Å². The van der Waals surface area contributed by atoms with Gasteiger partial charge in [0.1, 0.15) is 0 Å². The molecule has 0 atom stereocenters. The van der Waals surface area contributed by atoms with Gasteiger partial charge in [-0.25, -0.2) is 18.6 Å². The van der Waals surface area contributed by atoms with Crippen LogP contribution in [0.1, 0.15) is 10.4 Å². The Morgan fingerprint density at radius 2 is 1.93 bits per heavy atom. The van der Waals surface area contributed by atoms with E-state index in [-0.39, 0.29) is 10.5 Å². The van der Waals surface area contributed by atoms with Crippen molar-refractivity contribution in [2.45, 2.75) is 4.90 Å². The zero-order chi connectivity index (χ0) is 11.5. The highest BCUT2D eigenvalue weighted by molar-refractivity contribution is 7.89. The first-order valence-corrected chi connectivity index (χ1v) is 5.48. The first kappa shape index (κ1) is 11.6. The van der Waals surface area contributed by atoms with Gasteiger partial charge >= 0.3 is 0 Å². The molecule has 0 spiro atoms. The van der Waals surface area contributed by atoms with Gasteiger partial charge in [0, 0.05) is 0 Å². The fourth-order valence-electron chi connectivity index (χ4n) is 1.06. The lowest BCUT2D eigenvalue weighted by Gasteiger charge is -2.07. The zero-order valence-corrected chi connectivity index (χ0v) is 8.71. The van der Waals surface area contributed by atoms with Crippen molar-refractivity contribution < 1.29 is 18.4 Å². The van der Waals surface area contributed by atoms with Crippen LogP contribution in [0.2, 0.25) is 0 Å². The largest absolute Gasteiger partial charge is 0.288 e.